The summed E-state index contributed by atoms with van der Waals surface area (Å²) >= 11 is 5.93. The molecule has 0 aromatic heterocycles. The largest absolute Gasteiger partial charge is 0.335 e. The summed E-state index contributed by atoms with van der Waals surface area (Å²) in [6.07, 6.45) is 4.63. The van der Waals surface area contributed by atoms with E-state index in [1.54, 1.807) is 0 Å². The molecule has 4 heteroatoms. The summed E-state index contributed by atoms with van der Waals surface area (Å²) in [4.78, 5) is 11.8. The van der Waals surface area contributed by atoms with Crippen molar-refractivity contribution in [3.8, 4) is 0 Å². The molecule has 2 amide bonds. The highest BCUT2D eigenvalue weighted by Crippen LogP contribution is 2.19. The third-order valence-corrected chi connectivity index (χ3v) is 3.62. The molecule has 1 fully saturated rings. The lowest BCUT2D eigenvalue weighted by Gasteiger charge is -2.18. The molecule has 1 aliphatic rings. The van der Waals surface area contributed by atoms with Crippen molar-refractivity contribution in [2.75, 3.05) is 0 Å². The van der Waals surface area contributed by atoms with Crippen LogP contribution in [0.25, 0.3) is 0 Å². The molecule has 2 rings (SSSR count). The molecule has 1 aromatic carbocycles. The highest BCUT2D eigenvalue weighted by molar-refractivity contribution is 6.30. The van der Waals surface area contributed by atoms with Crippen LogP contribution < -0.4 is 10.6 Å². The molecule has 0 unspecified atom stereocenters. The van der Waals surface area contributed by atoms with Crippen LogP contribution in [0.4, 0.5) is 4.79 Å². The minimum Gasteiger partial charge on any atom is -0.335 e. The van der Waals surface area contributed by atoms with E-state index in [1.807, 2.05) is 31.2 Å². The van der Waals surface area contributed by atoms with Crippen LogP contribution in [0.15, 0.2) is 24.3 Å². The predicted octanol–water partition coefficient (Wildman–Crippen LogP) is 3.64. The van der Waals surface area contributed by atoms with Crippen molar-refractivity contribution in [2.45, 2.75) is 44.7 Å². The van der Waals surface area contributed by atoms with Crippen LogP contribution >= 0.6 is 11.6 Å². The second-order valence-corrected chi connectivity index (χ2v) is 5.31. The number of benzene rings is 1. The predicted molar refractivity (Wildman–Crippen MR) is 73.8 cm³/mol. The van der Waals surface area contributed by atoms with Gasteiger partial charge < -0.3 is 10.6 Å². The van der Waals surface area contributed by atoms with E-state index in [9.17, 15) is 4.79 Å². The Labute approximate surface area is 113 Å². The van der Waals surface area contributed by atoms with Crippen LogP contribution in [0.1, 0.15) is 44.2 Å². The summed E-state index contributed by atoms with van der Waals surface area (Å²) in [6, 6.07) is 7.78. The van der Waals surface area contributed by atoms with Crippen molar-refractivity contribution in [1.82, 2.24) is 10.6 Å². The number of halogens is 1. The van der Waals surface area contributed by atoms with Gasteiger partial charge in [0.2, 0.25) is 0 Å². The smallest absolute Gasteiger partial charge is 0.315 e. The van der Waals surface area contributed by atoms with Gasteiger partial charge in [-0.3, -0.25) is 0 Å². The molecule has 1 aliphatic carbocycles. The van der Waals surface area contributed by atoms with E-state index >= 15 is 0 Å². The molecule has 2 N–H and O–H groups in total. The molecule has 0 radical (unpaired) electrons. The number of amides is 2. The summed E-state index contributed by atoms with van der Waals surface area (Å²) < 4.78 is 0. The van der Waals surface area contributed by atoms with Crippen LogP contribution in [-0.2, 0) is 0 Å². The van der Waals surface area contributed by atoms with Gasteiger partial charge in [0.05, 0.1) is 6.04 Å². The van der Waals surface area contributed by atoms with Crippen LogP contribution in [0.2, 0.25) is 5.02 Å². The number of carbonyl (C=O) groups excluding carboxylic acids is 1. The molecule has 0 spiro atoms. The Bertz CT molecular complexity index is 416. The van der Waals surface area contributed by atoms with Gasteiger partial charge in [-0.1, -0.05) is 36.6 Å². The quantitative estimate of drug-likeness (QED) is 0.862. The normalized spacial score (nSPS) is 17.4. The standard InChI is InChI=1S/C14H19ClN2O/c1-10(11-5-4-6-12(15)9-11)16-14(18)17-13-7-2-3-8-13/h4-6,9-10,13H,2-3,7-8H2,1H3,(H2,16,17,18)/t10-/m1/s1. The first-order chi connectivity index (χ1) is 8.65. The maximum absolute atomic E-state index is 11.8. The summed E-state index contributed by atoms with van der Waals surface area (Å²) in [5.41, 5.74) is 1.02. The Hall–Kier alpha value is -1.22. The first-order valence-corrected chi connectivity index (χ1v) is 6.85. The highest BCUT2D eigenvalue weighted by Gasteiger charge is 2.18. The van der Waals surface area contributed by atoms with Gasteiger partial charge in [0.1, 0.15) is 0 Å². The summed E-state index contributed by atoms with van der Waals surface area (Å²) in [5.74, 6) is 0. The third-order valence-electron chi connectivity index (χ3n) is 3.39. The number of hydrogen-bond donors (Lipinski definition) is 2. The monoisotopic (exact) mass is 266 g/mol. The molecule has 0 bridgehead atoms. The first-order valence-electron chi connectivity index (χ1n) is 6.47. The Morgan fingerprint density at radius 2 is 2.11 bits per heavy atom. The van der Waals surface area contributed by atoms with E-state index in [-0.39, 0.29) is 12.1 Å². The lowest BCUT2D eigenvalue weighted by Crippen LogP contribution is -2.41. The van der Waals surface area contributed by atoms with Gasteiger partial charge in [0.25, 0.3) is 0 Å². The highest BCUT2D eigenvalue weighted by atomic mass is 35.5. The molecule has 1 aromatic rings. The zero-order chi connectivity index (χ0) is 13.0. The summed E-state index contributed by atoms with van der Waals surface area (Å²) in [6.45, 7) is 1.96. The van der Waals surface area contributed by atoms with Gasteiger partial charge in [-0.05, 0) is 37.5 Å². The van der Waals surface area contributed by atoms with Gasteiger partial charge in [0.15, 0.2) is 0 Å². The second kappa shape index (κ2) is 6.10. The number of carbonyl (C=O) groups is 1. The zero-order valence-corrected chi connectivity index (χ0v) is 11.3. The Kier molecular flexibility index (Phi) is 4.48. The van der Waals surface area contributed by atoms with Crippen molar-refractivity contribution in [1.29, 1.82) is 0 Å². The molecular weight excluding hydrogens is 248 g/mol. The van der Waals surface area contributed by atoms with E-state index < -0.39 is 0 Å². The van der Waals surface area contributed by atoms with Crippen molar-refractivity contribution < 1.29 is 4.79 Å². The molecule has 1 atom stereocenters. The van der Waals surface area contributed by atoms with E-state index in [2.05, 4.69) is 10.6 Å². The van der Waals surface area contributed by atoms with Crippen LogP contribution in [0, 0.1) is 0 Å². The Morgan fingerprint density at radius 1 is 1.39 bits per heavy atom. The van der Waals surface area contributed by atoms with Crippen molar-refractivity contribution in [3.05, 3.63) is 34.9 Å². The number of hydrogen-bond acceptors (Lipinski definition) is 1. The van der Waals surface area contributed by atoms with Gasteiger partial charge in [-0.25, -0.2) is 4.79 Å². The fourth-order valence-electron chi connectivity index (χ4n) is 2.35. The fourth-order valence-corrected chi connectivity index (χ4v) is 2.55. The molecule has 18 heavy (non-hydrogen) atoms. The van der Waals surface area contributed by atoms with Gasteiger partial charge in [-0.2, -0.15) is 0 Å². The van der Waals surface area contributed by atoms with Gasteiger partial charge in [-0.15, -0.1) is 0 Å². The topological polar surface area (TPSA) is 41.1 Å². The van der Waals surface area contributed by atoms with E-state index in [0.717, 1.165) is 18.4 Å². The van der Waals surface area contributed by atoms with Crippen LogP contribution in [0.5, 0.6) is 0 Å². The van der Waals surface area contributed by atoms with Gasteiger partial charge in [0, 0.05) is 11.1 Å². The maximum atomic E-state index is 11.8. The molecule has 0 heterocycles. The molecule has 0 aliphatic heterocycles. The third kappa shape index (κ3) is 3.64. The average Bonchev–Trinajstić information content (AvgIpc) is 2.81. The van der Waals surface area contributed by atoms with Crippen molar-refractivity contribution in [3.63, 3.8) is 0 Å². The van der Waals surface area contributed by atoms with E-state index in [4.69, 9.17) is 11.6 Å². The van der Waals surface area contributed by atoms with Gasteiger partial charge >= 0.3 is 6.03 Å². The molecular formula is C14H19ClN2O. The van der Waals surface area contributed by atoms with E-state index in [0.29, 0.717) is 11.1 Å². The van der Waals surface area contributed by atoms with Crippen LogP contribution in [0.3, 0.4) is 0 Å². The van der Waals surface area contributed by atoms with E-state index in [1.165, 1.54) is 12.8 Å². The summed E-state index contributed by atoms with van der Waals surface area (Å²) in [5, 5.41) is 6.64. The maximum Gasteiger partial charge on any atom is 0.315 e. The van der Waals surface area contributed by atoms with Crippen molar-refractivity contribution in [2.24, 2.45) is 0 Å². The number of nitrogens with one attached hydrogen (secondary N) is 2. The van der Waals surface area contributed by atoms with Crippen LogP contribution in [-0.4, -0.2) is 12.1 Å². The molecule has 98 valence electrons. The minimum absolute atomic E-state index is 0.0369. The summed E-state index contributed by atoms with van der Waals surface area (Å²) in [7, 11) is 0. The number of rotatable bonds is 3. The Balaban J connectivity index is 1.86. The molecule has 0 saturated heterocycles. The number of urea groups is 1. The second-order valence-electron chi connectivity index (χ2n) is 4.88. The van der Waals surface area contributed by atoms with Crippen molar-refractivity contribution >= 4 is 17.6 Å². The average molecular weight is 267 g/mol. The molecule has 3 nitrogen and oxygen atoms in total. The molecule has 1 saturated carbocycles. The zero-order valence-electron chi connectivity index (χ0n) is 10.6. The minimum atomic E-state index is -0.0885. The lowest BCUT2D eigenvalue weighted by molar-refractivity contribution is 0.234. The fraction of sp³-hybridized carbons (Fsp3) is 0.500. The lowest BCUT2D eigenvalue weighted by atomic mass is 10.1. The first kappa shape index (κ1) is 13.2. The SMILES string of the molecule is C[C@@H](NC(=O)NC1CCCC1)c1cccc(Cl)c1. The Morgan fingerprint density at radius 3 is 2.78 bits per heavy atom.